The molecule has 0 saturated heterocycles. The number of hydrogen-bond donors (Lipinski definition) is 0. The molecular formula is C13H16Br2ClNO2S. The Morgan fingerprint density at radius 2 is 2.05 bits per heavy atom. The van der Waals surface area contributed by atoms with Crippen molar-refractivity contribution < 1.29 is 8.42 Å². The van der Waals surface area contributed by atoms with Gasteiger partial charge < -0.3 is 0 Å². The van der Waals surface area contributed by atoms with Gasteiger partial charge in [0.1, 0.15) is 4.90 Å². The van der Waals surface area contributed by atoms with Gasteiger partial charge in [-0.3, -0.25) is 0 Å². The highest BCUT2D eigenvalue weighted by atomic mass is 79.9. The van der Waals surface area contributed by atoms with Gasteiger partial charge in [0.2, 0.25) is 10.0 Å². The van der Waals surface area contributed by atoms with E-state index in [9.17, 15) is 8.42 Å². The Hall–Kier alpha value is 0.380. The molecule has 0 radical (unpaired) electrons. The molecule has 0 spiro atoms. The molecule has 0 atom stereocenters. The average Bonchev–Trinajstić information content (AvgIpc) is 2.31. The molecule has 0 aliphatic heterocycles. The third-order valence-corrected chi connectivity index (χ3v) is 6.96. The number of rotatable bonds is 6. The summed E-state index contributed by atoms with van der Waals surface area (Å²) in [5, 5.41) is 1.06. The lowest BCUT2D eigenvalue weighted by molar-refractivity contribution is 0.220. The van der Waals surface area contributed by atoms with Gasteiger partial charge >= 0.3 is 0 Å². The van der Waals surface area contributed by atoms with Crippen molar-refractivity contribution in [2.24, 2.45) is 0 Å². The monoisotopic (exact) mass is 443 g/mol. The molecule has 1 saturated carbocycles. The van der Waals surface area contributed by atoms with Gasteiger partial charge in [0.15, 0.2) is 0 Å². The average molecular weight is 446 g/mol. The van der Waals surface area contributed by atoms with Crippen LogP contribution in [0.5, 0.6) is 0 Å². The molecule has 0 aromatic heterocycles. The highest BCUT2D eigenvalue weighted by Crippen LogP contribution is 2.33. The zero-order valence-corrected chi connectivity index (χ0v) is 15.6. The highest BCUT2D eigenvalue weighted by molar-refractivity contribution is 9.10. The van der Waals surface area contributed by atoms with Crippen LogP contribution in [0, 0.1) is 0 Å². The summed E-state index contributed by atoms with van der Waals surface area (Å²) < 4.78 is 28.0. The molecule has 7 heteroatoms. The maximum atomic E-state index is 12.8. The first kappa shape index (κ1) is 16.7. The van der Waals surface area contributed by atoms with Gasteiger partial charge in [-0.25, -0.2) is 8.42 Å². The summed E-state index contributed by atoms with van der Waals surface area (Å²) in [6.07, 6.45) is 3.77. The molecule has 3 nitrogen and oxygen atoms in total. The Bertz CT molecular complexity index is 576. The van der Waals surface area contributed by atoms with E-state index in [4.69, 9.17) is 11.6 Å². The Kier molecular flexibility index (Phi) is 5.94. The van der Waals surface area contributed by atoms with Crippen LogP contribution in [0.3, 0.4) is 0 Å². The molecule has 20 heavy (non-hydrogen) atoms. The lowest BCUT2D eigenvalue weighted by Gasteiger charge is -2.36. The normalized spacial score (nSPS) is 16.4. The molecule has 1 aromatic rings. The number of sulfonamides is 1. The van der Waals surface area contributed by atoms with Crippen molar-refractivity contribution in [3.63, 3.8) is 0 Å². The minimum atomic E-state index is -3.52. The number of halogens is 3. The van der Waals surface area contributed by atoms with Gasteiger partial charge in [0, 0.05) is 22.4 Å². The van der Waals surface area contributed by atoms with E-state index in [1.807, 2.05) is 0 Å². The molecule has 0 amide bonds. The maximum absolute atomic E-state index is 12.8. The zero-order valence-electron chi connectivity index (χ0n) is 10.9. The largest absolute Gasteiger partial charge is 0.244 e. The van der Waals surface area contributed by atoms with Crippen molar-refractivity contribution >= 4 is 53.5 Å². The quantitative estimate of drug-likeness (QED) is 0.608. The van der Waals surface area contributed by atoms with Crippen LogP contribution in [0.25, 0.3) is 0 Å². The van der Waals surface area contributed by atoms with Crippen LogP contribution in [0.4, 0.5) is 0 Å². The Balaban J connectivity index is 2.33. The van der Waals surface area contributed by atoms with E-state index >= 15 is 0 Å². The van der Waals surface area contributed by atoms with Crippen molar-refractivity contribution in [1.82, 2.24) is 4.31 Å². The SMILES string of the molecule is O=S(=O)(c1ccc(Br)cc1Cl)N(CCCBr)C1CCC1. The molecule has 1 aliphatic carbocycles. The van der Waals surface area contributed by atoms with Gasteiger partial charge in [-0.2, -0.15) is 4.31 Å². The number of benzene rings is 1. The lowest BCUT2D eigenvalue weighted by atomic mass is 9.93. The topological polar surface area (TPSA) is 37.4 Å². The van der Waals surface area contributed by atoms with Crippen LogP contribution in [-0.4, -0.2) is 30.6 Å². The first-order valence-corrected chi connectivity index (χ1v) is 10.2. The number of hydrogen-bond acceptors (Lipinski definition) is 2. The first-order chi connectivity index (χ1) is 9.46. The number of nitrogens with zero attached hydrogens (tertiary/aromatic N) is 1. The van der Waals surface area contributed by atoms with Crippen molar-refractivity contribution in [2.45, 2.75) is 36.6 Å². The summed E-state index contributed by atoms with van der Waals surface area (Å²) in [5.41, 5.74) is 0. The first-order valence-electron chi connectivity index (χ1n) is 6.49. The molecule has 1 fully saturated rings. The second-order valence-electron chi connectivity index (χ2n) is 4.82. The fraction of sp³-hybridized carbons (Fsp3) is 0.538. The van der Waals surface area contributed by atoms with Crippen molar-refractivity contribution in [1.29, 1.82) is 0 Å². The van der Waals surface area contributed by atoms with E-state index in [-0.39, 0.29) is 16.0 Å². The maximum Gasteiger partial charge on any atom is 0.244 e. The summed E-state index contributed by atoms with van der Waals surface area (Å²) in [4.78, 5) is 0.198. The van der Waals surface area contributed by atoms with E-state index in [1.165, 1.54) is 0 Å². The fourth-order valence-corrected chi connectivity index (χ4v) is 5.19. The van der Waals surface area contributed by atoms with Gasteiger partial charge in [-0.1, -0.05) is 49.9 Å². The number of alkyl halides is 1. The summed E-state index contributed by atoms with van der Waals surface area (Å²) in [6.45, 7) is 0.532. The second kappa shape index (κ2) is 7.09. The molecule has 1 aromatic carbocycles. The lowest BCUT2D eigenvalue weighted by Crippen LogP contribution is -2.44. The van der Waals surface area contributed by atoms with Crippen LogP contribution in [-0.2, 0) is 10.0 Å². The van der Waals surface area contributed by atoms with Gasteiger partial charge in [-0.05, 0) is 37.5 Å². The van der Waals surface area contributed by atoms with Crippen molar-refractivity contribution in [3.8, 4) is 0 Å². The van der Waals surface area contributed by atoms with Gasteiger partial charge in [0.25, 0.3) is 0 Å². The predicted molar refractivity (Wildman–Crippen MR) is 89.1 cm³/mol. The molecule has 0 heterocycles. The van der Waals surface area contributed by atoms with Crippen LogP contribution in [0.2, 0.25) is 5.02 Å². The predicted octanol–water partition coefficient (Wildman–Crippen LogP) is 4.43. The zero-order chi connectivity index (χ0) is 14.8. The van der Waals surface area contributed by atoms with Gasteiger partial charge in [0.05, 0.1) is 5.02 Å². The van der Waals surface area contributed by atoms with E-state index < -0.39 is 10.0 Å². The van der Waals surface area contributed by atoms with E-state index in [2.05, 4.69) is 31.9 Å². The summed E-state index contributed by atoms with van der Waals surface area (Å²) >= 11 is 12.8. The minimum absolute atomic E-state index is 0.124. The van der Waals surface area contributed by atoms with E-state index in [0.717, 1.165) is 35.5 Å². The Morgan fingerprint density at radius 1 is 1.35 bits per heavy atom. The van der Waals surface area contributed by atoms with Crippen molar-refractivity contribution in [2.75, 3.05) is 11.9 Å². The van der Waals surface area contributed by atoms with Crippen LogP contribution < -0.4 is 0 Å². The minimum Gasteiger partial charge on any atom is -0.207 e. The molecule has 2 rings (SSSR count). The van der Waals surface area contributed by atoms with Crippen molar-refractivity contribution in [3.05, 3.63) is 27.7 Å². The van der Waals surface area contributed by atoms with Crippen LogP contribution in [0.1, 0.15) is 25.7 Å². The third kappa shape index (κ3) is 3.58. The van der Waals surface area contributed by atoms with E-state index in [0.29, 0.717) is 6.54 Å². The fourth-order valence-electron chi connectivity index (χ4n) is 2.20. The summed E-state index contributed by atoms with van der Waals surface area (Å²) in [7, 11) is -3.52. The molecule has 0 unspecified atom stereocenters. The smallest absolute Gasteiger partial charge is 0.207 e. The van der Waals surface area contributed by atoms with Crippen LogP contribution >= 0.6 is 43.5 Å². The molecule has 1 aliphatic rings. The molecular weight excluding hydrogens is 429 g/mol. The Morgan fingerprint density at radius 3 is 2.55 bits per heavy atom. The molecule has 0 bridgehead atoms. The highest BCUT2D eigenvalue weighted by Gasteiger charge is 2.35. The molecule has 112 valence electrons. The third-order valence-electron chi connectivity index (χ3n) is 3.47. The Labute approximate surface area is 142 Å². The molecule has 0 N–H and O–H groups in total. The van der Waals surface area contributed by atoms with Gasteiger partial charge in [-0.15, -0.1) is 0 Å². The standard InChI is InChI=1S/C13H16Br2ClNO2S/c14-7-2-8-17(11-3-1-4-11)20(18,19)13-6-5-10(15)9-12(13)16/h5-6,9,11H,1-4,7-8H2. The van der Waals surface area contributed by atoms with E-state index in [1.54, 1.807) is 22.5 Å². The van der Waals surface area contributed by atoms with Crippen LogP contribution in [0.15, 0.2) is 27.6 Å². The summed E-state index contributed by atoms with van der Waals surface area (Å²) in [5.74, 6) is 0. The second-order valence-corrected chi connectivity index (χ2v) is 8.79. The summed E-state index contributed by atoms with van der Waals surface area (Å²) in [6, 6.07) is 5.03.